The molecule has 0 bridgehead atoms. The molecule has 2 aliphatic carbocycles. The van der Waals surface area contributed by atoms with Crippen LogP contribution in [0.3, 0.4) is 0 Å². The average Bonchev–Trinajstić information content (AvgIpc) is 3.77. The second-order valence-electron chi connectivity index (χ2n) is 15.6. The van der Waals surface area contributed by atoms with E-state index in [-0.39, 0.29) is 0 Å². The summed E-state index contributed by atoms with van der Waals surface area (Å²) in [5.41, 5.74) is 16.6. The van der Waals surface area contributed by atoms with Crippen molar-refractivity contribution in [3.63, 3.8) is 0 Å². The molecule has 0 aliphatic heterocycles. The van der Waals surface area contributed by atoms with Crippen molar-refractivity contribution in [2.24, 2.45) is 0 Å². The first kappa shape index (κ1) is 30.9. The van der Waals surface area contributed by atoms with Gasteiger partial charge in [-0.15, -0.1) is 0 Å². The highest BCUT2D eigenvalue weighted by molar-refractivity contribution is 6.21. The molecule has 0 fully saturated rings. The molecule has 9 aromatic carbocycles. The number of aromatic nitrogens is 2. The fourth-order valence-electron chi connectivity index (χ4n) is 10.6. The van der Waals surface area contributed by atoms with Crippen LogP contribution in [0.5, 0.6) is 0 Å². The summed E-state index contributed by atoms with van der Waals surface area (Å²) in [6, 6.07) is 69.6. The third-order valence-corrected chi connectivity index (χ3v) is 12.8. The van der Waals surface area contributed by atoms with E-state index < -0.39 is 5.41 Å². The third kappa shape index (κ3) is 4.04. The molecule has 262 valence electrons. The molecule has 1 spiro atoms. The molecule has 2 aliphatic rings. The van der Waals surface area contributed by atoms with Gasteiger partial charge in [0.15, 0.2) is 0 Å². The first-order valence-electron chi connectivity index (χ1n) is 19.7. The molecule has 13 rings (SSSR count). The number of nitrogens with zero attached hydrogens (tertiary/aromatic N) is 2. The summed E-state index contributed by atoms with van der Waals surface area (Å²) >= 11 is 0. The predicted molar refractivity (Wildman–Crippen MR) is 237 cm³/mol. The zero-order valence-electron chi connectivity index (χ0n) is 30.9. The zero-order valence-corrected chi connectivity index (χ0v) is 30.9. The molecular weight excluding hydrogens is 689 g/mol. The number of fused-ring (bicyclic) bond motifs is 20. The van der Waals surface area contributed by atoms with Gasteiger partial charge in [-0.2, -0.15) is 0 Å². The van der Waals surface area contributed by atoms with Gasteiger partial charge in [0.05, 0.1) is 22.1 Å². The van der Waals surface area contributed by atoms with Crippen LogP contribution in [0.15, 0.2) is 194 Å². The van der Waals surface area contributed by atoms with Crippen molar-refractivity contribution in [3.8, 4) is 44.6 Å². The van der Waals surface area contributed by atoms with Crippen LogP contribution >= 0.6 is 0 Å². The second-order valence-corrected chi connectivity index (χ2v) is 15.6. The molecule has 2 heteroatoms. The van der Waals surface area contributed by atoms with Crippen molar-refractivity contribution in [2.75, 3.05) is 0 Å². The Labute approximate surface area is 329 Å². The first-order chi connectivity index (χ1) is 28.3. The maximum atomic E-state index is 5.18. The monoisotopic (exact) mass is 720 g/mol. The van der Waals surface area contributed by atoms with Crippen LogP contribution in [0.2, 0.25) is 0 Å². The molecular formula is C55H32N2. The molecule has 2 nitrogen and oxygen atoms in total. The van der Waals surface area contributed by atoms with E-state index in [0.717, 1.165) is 33.1 Å². The van der Waals surface area contributed by atoms with Crippen LogP contribution in [0.4, 0.5) is 0 Å². The van der Waals surface area contributed by atoms with Crippen LogP contribution in [0, 0.1) is 0 Å². The summed E-state index contributed by atoms with van der Waals surface area (Å²) < 4.78 is 0. The van der Waals surface area contributed by atoms with Gasteiger partial charge in [0.2, 0.25) is 0 Å². The highest BCUT2D eigenvalue weighted by atomic mass is 14.8. The van der Waals surface area contributed by atoms with E-state index in [2.05, 4.69) is 182 Å². The van der Waals surface area contributed by atoms with Crippen LogP contribution in [-0.4, -0.2) is 9.97 Å². The number of hydrogen-bond donors (Lipinski definition) is 0. The number of rotatable bonds is 2. The van der Waals surface area contributed by atoms with Crippen molar-refractivity contribution in [1.82, 2.24) is 9.97 Å². The standard InChI is InChI=1S/C55H32N2/c1-3-18-44-40(14-1)41-15-2-4-19-45(41)52-50(44)46-28-25-37-31-36(24-27-39(37)51(46)55(52)47-20-7-5-16-42(47)43-17-6-8-21-48(43)55)35-11-9-12-38(32-35)49-29-26-34-23-22-33-13-10-30-56-53(33)54(34)57-49/h1-32H. The maximum absolute atomic E-state index is 5.18. The SMILES string of the molecule is c1cc(-c2ccc3c4c(ccc3c2)-c2c(c3ccccc3c3ccccc23)C42c3ccccc3-c3ccccc32)cc(-c2ccc3ccc4cccnc4c3n2)c1. The summed E-state index contributed by atoms with van der Waals surface area (Å²) in [4.78, 5) is 9.87. The Hall–Kier alpha value is -7.42. The van der Waals surface area contributed by atoms with Crippen LogP contribution in [0.25, 0.3) is 98.8 Å². The van der Waals surface area contributed by atoms with Crippen LogP contribution in [0.1, 0.15) is 22.3 Å². The van der Waals surface area contributed by atoms with E-state index in [1.807, 2.05) is 12.3 Å². The molecule has 0 N–H and O–H groups in total. The van der Waals surface area contributed by atoms with Gasteiger partial charge in [-0.3, -0.25) is 4.98 Å². The highest BCUT2D eigenvalue weighted by Crippen LogP contribution is 2.66. The fraction of sp³-hybridized carbons (Fsp3) is 0.0182. The summed E-state index contributed by atoms with van der Waals surface area (Å²) in [6.45, 7) is 0. The van der Waals surface area contributed by atoms with Crippen LogP contribution < -0.4 is 0 Å². The van der Waals surface area contributed by atoms with E-state index in [0.29, 0.717) is 0 Å². The summed E-state index contributed by atoms with van der Waals surface area (Å²) in [7, 11) is 0. The first-order valence-corrected chi connectivity index (χ1v) is 19.7. The van der Waals surface area contributed by atoms with E-state index in [4.69, 9.17) is 9.97 Å². The Morgan fingerprint density at radius 3 is 1.79 bits per heavy atom. The van der Waals surface area contributed by atoms with E-state index in [9.17, 15) is 0 Å². The molecule has 0 amide bonds. The lowest BCUT2D eigenvalue weighted by atomic mass is 9.68. The molecule has 11 aromatic rings. The normalized spacial score (nSPS) is 13.4. The number of benzene rings is 9. The van der Waals surface area contributed by atoms with Gasteiger partial charge in [0.25, 0.3) is 0 Å². The number of pyridine rings is 2. The van der Waals surface area contributed by atoms with Crippen molar-refractivity contribution in [2.45, 2.75) is 5.41 Å². The molecule has 57 heavy (non-hydrogen) atoms. The van der Waals surface area contributed by atoms with Crippen LogP contribution in [-0.2, 0) is 5.41 Å². The topological polar surface area (TPSA) is 25.8 Å². The van der Waals surface area contributed by atoms with Crippen molar-refractivity contribution in [1.29, 1.82) is 0 Å². The van der Waals surface area contributed by atoms with Gasteiger partial charge in [-0.1, -0.05) is 164 Å². The number of hydrogen-bond acceptors (Lipinski definition) is 2. The highest BCUT2D eigenvalue weighted by Gasteiger charge is 2.53. The van der Waals surface area contributed by atoms with Gasteiger partial charge in [-0.25, -0.2) is 4.98 Å². The minimum atomic E-state index is -0.483. The Balaban J connectivity index is 1.06. The lowest BCUT2D eigenvalue weighted by Crippen LogP contribution is -2.26. The molecule has 0 radical (unpaired) electrons. The van der Waals surface area contributed by atoms with Crippen molar-refractivity contribution in [3.05, 3.63) is 217 Å². The van der Waals surface area contributed by atoms with Gasteiger partial charge in [0.1, 0.15) is 0 Å². The molecule has 0 atom stereocenters. The maximum Gasteiger partial charge on any atom is 0.0972 e. The summed E-state index contributed by atoms with van der Waals surface area (Å²) in [6.07, 6.45) is 1.85. The minimum absolute atomic E-state index is 0.483. The molecule has 0 unspecified atom stereocenters. The Morgan fingerprint density at radius 2 is 0.982 bits per heavy atom. The lowest BCUT2D eigenvalue weighted by molar-refractivity contribution is 0.809. The Bertz CT molecular complexity index is 3490. The molecule has 2 aromatic heterocycles. The largest absolute Gasteiger partial charge is 0.254 e. The van der Waals surface area contributed by atoms with Crippen molar-refractivity contribution >= 4 is 54.1 Å². The van der Waals surface area contributed by atoms with Gasteiger partial charge in [-0.05, 0) is 112 Å². The Kier molecular flexibility index (Phi) is 6.13. The van der Waals surface area contributed by atoms with E-state index >= 15 is 0 Å². The van der Waals surface area contributed by atoms with Gasteiger partial charge >= 0.3 is 0 Å². The minimum Gasteiger partial charge on any atom is -0.254 e. The zero-order chi connectivity index (χ0) is 37.2. The quantitative estimate of drug-likeness (QED) is 0.166. The van der Waals surface area contributed by atoms with Gasteiger partial charge in [0, 0.05) is 22.5 Å². The molecule has 2 heterocycles. The van der Waals surface area contributed by atoms with Gasteiger partial charge < -0.3 is 0 Å². The third-order valence-electron chi connectivity index (χ3n) is 12.8. The average molecular weight is 721 g/mol. The fourth-order valence-corrected chi connectivity index (χ4v) is 10.6. The van der Waals surface area contributed by atoms with E-state index in [1.165, 1.54) is 88.0 Å². The predicted octanol–water partition coefficient (Wildman–Crippen LogP) is 13.9. The summed E-state index contributed by atoms with van der Waals surface area (Å²) in [5.74, 6) is 0. The summed E-state index contributed by atoms with van der Waals surface area (Å²) in [5, 5.41) is 9.96. The van der Waals surface area contributed by atoms with E-state index in [1.54, 1.807) is 0 Å². The van der Waals surface area contributed by atoms with Crippen molar-refractivity contribution < 1.29 is 0 Å². The second kappa shape index (κ2) is 11.3. The Morgan fingerprint density at radius 1 is 0.351 bits per heavy atom. The molecule has 0 saturated heterocycles. The smallest absolute Gasteiger partial charge is 0.0972 e. The lowest BCUT2D eigenvalue weighted by Gasteiger charge is -2.32. The molecule has 0 saturated carbocycles.